The highest BCUT2D eigenvalue weighted by Gasteiger charge is 2.04. The maximum Gasteiger partial charge on any atom is 0.272 e. The minimum Gasteiger partial charge on any atom is -0.397 e. The Bertz CT molecular complexity index is 1120. The van der Waals surface area contributed by atoms with Crippen LogP contribution in [0.5, 0.6) is 0 Å². The lowest BCUT2D eigenvalue weighted by Gasteiger charge is -2.05. The van der Waals surface area contributed by atoms with Gasteiger partial charge in [-0.05, 0) is 43.3 Å². The number of carbonyl (C=O) groups is 2. The molecule has 0 saturated carbocycles. The molecular weight excluding hydrogens is 516 g/mol. The summed E-state index contributed by atoms with van der Waals surface area (Å²) in [7, 11) is 3.60. The summed E-state index contributed by atoms with van der Waals surface area (Å²) in [5.74, 6) is -0.759. The summed E-state index contributed by atoms with van der Waals surface area (Å²) in [6.07, 6.45) is 0. The molecule has 2 aromatic carbocycles. The van der Waals surface area contributed by atoms with Gasteiger partial charge in [-0.2, -0.15) is 0 Å². The molecule has 0 aliphatic rings. The molecule has 1 heterocycles. The van der Waals surface area contributed by atoms with Crippen LogP contribution < -0.4 is 16.6 Å². The lowest BCUT2D eigenvalue weighted by Crippen LogP contribution is -2.20. The number of ketones is 2. The van der Waals surface area contributed by atoms with Gasteiger partial charge in [-0.1, -0.05) is 31.9 Å². The third kappa shape index (κ3) is 7.38. The normalized spacial score (nSPS) is 9.70. The molecule has 9 heteroatoms. The maximum atomic E-state index is 11.6. The van der Waals surface area contributed by atoms with Gasteiger partial charge in [0.25, 0.3) is 5.56 Å². The molecule has 0 atom stereocenters. The van der Waals surface area contributed by atoms with Crippen LogP contribution in [0.25, 0.3) is 11.0 Å². The van der Waals surface area contributed by atoms with Gasteiger partial charge in [-0.3, -0.25) is 14.4 Å². The predicted octanol–water partition coefficient (Wildman–Crippen LogP) is 4.24. The summed E-state index contributed by atoms with van der Waals surface area (Å²) in [4.78, 5) is 35.4. The van der Waals surface area contributed by atoms with Crippen molar-refractivity contribution in [2.24, 2.45) is 7.05 Å². The molecule has 160 valence electrons. The summed E-state index contributed by atoms with van der Waals surface area (Å²) < 4.78 is 3.60. The maximum absolute atomic E-state index is 11.6. The molecule has 0 aliphatic carbocycles. The largest absolute Gasteiger partial charge is 0.397 e. The number of aryl methyl sites for hydroxylation is 2. The number of Topliss-reactive ketones (excluding diaryl/α,β-unsaturated/α-hetero) is 2. The van der Waals surface area contributed by atoms with Crippen molar-refractivity contribution >= 4 is 65.8 Å². The fourth-order valence-electron chi connectivity index (χ4n) is 2.19. The molecule has 7 nitrogen and oxygen atoms in total. The van der Waals surface area contributed by atoms with Crippen LogP contribution in [0.1, 0.15) is 19.5 Å². The Morgan fingerprint density at radius 2 is 1.57 bits per heavy atom. The summed E-state index contributed by atoms with van der Waals surface area (Å²) in [5.41, 5.74) is 9.51. The fraction of sp³-hybridized carbons (Fsp3) is 0.238. The first-order chi connectivity index (χ1) is 14.0. The predicted molar refractivity (Wildman–Crippen MR) is 129 cm³/mol. The zero-order valence-electron chi connectivity index (χ0n) is 17.4. The molecule has 0 bridgehead atoms. The highest BCUT2D eigenvalue weighted by Crippen LogP contribution is 2.22. The van der Waals surface area contributed by atoms with Crippen molar-refractivity contribution in [1.29, 1.82) is 0 Å². The van der Waals surface area contributed by atoms with Crippen LogP contribution in [0.15, 0.2) is 50.1 Å². The average Bonchev–Trinajstić information content (AvgIpc) is 2.69. The number of hydrogen-bond acceptors (Lipinski definition) is 6. The van der Waals surface area contributed by atoms with E-state index in [-0.39, 0.29) is 17.1 Å². The molecule has 0 saturated heterocycles. The SMILES string of the molecule is CC(=O)C(C)=O.CNc1cc(Br)ccc1N.Cc1nc2ccc(Br)cc2n(C)c1=O. The molecule has 0 aliphatic heterocycles. The zero-order chi connectivity index (χ0) is 23.0. The average molecular weight is 540 g/mol. The van der Waals surface area contributed by atoms with Crippen molar-refractivity contribution in [3.63, 3.8) is 0 Å². The molecule has 0 fully saturated rings. The summed E-state index contributed by atoms with van der Waals surface area (Å²) >= 11 is 6.71. The molecule has 1 aromatic heterocycles. The number of carbonyl (C=O) groups excluding carboxylic acids is 2. The number of hydrogen-bond donors (Lipinski definition) is 2. The third-order valence-electron chi connectivity index (χ3n) is 3.98. The molecular formula is C21H24Br2N4O3. The number of aromatic nitrogens is 2. The quantitative estimate of drug-likeness (QED) is 0.372. The van der Waals surface area contributed by atoms with Crippen molar-refractivity contribution < 1.29 is 9.59 Å². The minimum atomic E-state index is -0.380. The van der Waals surface area contributed by atoms with Crippen LogP contribution in [0.3, 0.4) is 0 Å². The van der Waals surface area contributed by atoms with E-state index in [1.54, 1.807) is 18.5 Å². The standard InChI is InChI=1S/C10H9BrN2O.C7H9BrN2.C4H6O2/c1-6-10(14)13(2)9-5-7(11)3-4-8(9)12-6;1-10-7-4-5(8)2-3-6(7)9;1-3(5)4(2)6/h3-5H,1-2H3;2-4,10H,9H2,1H3;1-2H3. The molecule has 3 N–H and O–H groups in total. The first-order valence-electron chi connectivity index (χ1n) is 8.85. The van der Waals surface area contributed by atoms with Gasteiger partial charge in [0.1, 0.15) is 5.69 Å². The van der Waals surface area contributed by atoms with Crippen molar-refractivity contribution in [3.05, 3.63) is 61.4 Å². The van der Waals surface area contributed by atoms with Gasteiger partial charge in [0.2, 0.25) is 0 Å². The van der Waals surface area contributed by atoms with Crippen molar-refractivity contribution in [3.8, 4) is 0 Å². The Hall–Kier alpha value is -2.52. The van der Waals surface area contributed by atoms with E-state index in [0.717, 1.165) is 31.4 Å². The lowest BCUT2D eigenvalue weighted by atomic mass is 10.3. The Morgan fingerprint density at radius 1 is 1.03 bits per heavy atom. The Kier molecular flexibility index (Phi) is 9.88. The molecule has 30 heavy (non-hydrogen) atoms. The second-order valence-electron chi connectivity index (χ2n) is 6.29. The van der Waals surface area contributed by atoms with Crippen LogP contribution in [0.4, 0.5) is 11.4 Å². The number of fused-ring (bicyclic) bond motifs is 1. The topological polar surface area (TPSA) is 107 Å². The number of rotatable bonds is 2. The highest BCUT2D eigenvalue weighted by molar-refractivity contribution is 9.10. The van der Waals surface area contributed by atoms with Gasteiger partial charge >= 0.3 is 0 Å². The molecule has 3 rings (SSSR count). The monoisotopic (exact) mass is 538 g/mol. The van der Waals surface area contributed by atoms with Crippen LogP contribution in [-0.4, -0.2) is 28.2 Å². The minimum absolute atomic E-state index is 0.0457. The van der Waals surface area contributed by atoms with E-state index in [1.165, 1.54) is 13.8 Å². The van der Waals surface area contributed by atoms with Gasteiger partial charge in [0, 0.05) is 36.9 Å². The van der Waals surface area contributed by atoms with Gasteiger partial charge < -0.3 is 15.6 Å². The van der Waals surface area contributed by atoms with Crippen molar-refractivity contribution in [1.82, 2.24) is 9.55 Å². The number of anilines is 2. The molecule has 0 unspecified atom stereocenters. The van der Waals surface area contributed by atoms with Gasteiger partial charge in [0.05, 0.1) is 22.4 Å². The van der Waals surface area contributed by atoms with Gasteiger partial charge in [0.15, 0.2) is 11.6 Å². The highest BCUT2D eigenvalue weighted by atomic mass is 79.9. The molecule has 0 spiro atoms. The number of nitrogen functional groups attached to an aromatic ring is 1. The van der Waals surface area contributed by atoms with E-state index in [4.69, 9.17) is 5.73 Å². The molecule has 3 aromatic rings. The van der Waals surface area contributed by atoms with Gasteiger partial charge in [-0.25, -0.2) is 4.98 Å². The third-order valence-corrected chi connectivity index (χ3v) is 4.97. The van der Waals surface area contributed by atoms with Crippen molar-refractivity contribution in [2.45, 2.75) is 20.8 Å². The smallest absolute Gasteiger partial charge is 0.272 e. The molecule has 0 radical (unpaired) electrons. The Morgan fingerprint density at radius 3 is 2.07 bits per heavy atom. The van der Waals surface area contributed by atoms with E-state index in [2.05, 4.69) is 42.2 Å². The fourth-order valence-corrected chi connectivity index (χ4v) is 2.90. The van der Waals surface area contributed by atoms with E-state index in [0.29, 0.717) is 5.69 Å². The number of benzene rings is 2. The van der Waals surface area contributed by atoms with Crippen LogP contribution in [-0.2, 0) is 16.6 Å². The Balaban J connectivity index is 0.000000247. The second kappa shape index (κ2) is 11.6. The zero-order valence-corrected chi connectivity index (χ0v) is 20.6. The number of nitrogens with one attached hydrogen (secondary N) is 1. The van der Waals surface area contributed by atoms with Crippen LogP contribution in [0.2, 0.25) is 0 Å². The Labute approximate surface area is 191 Å². The second-order valence-corrected chi connectivity index (χ2v) is 8.12. The number of nitrogens with zero attached hydrogens (tertiary/aromatic N) is 2. The lowest BCUT2D eigenvalue weighted by molar-refractivity contribution is -0.134. The van der Waals surface area contributed by atoms with Gasteiger partial charge in [-0.15, -0.1) is 0 Å². The van der Waals surface area contributed by atoms with Crippen molar-refractivity contribution in [2.75, 3.05) is 18.1 Å². The number of nitrogens with two attached hydrogens (primary N) is 1. The number of halogens is 2. The van der Waals surface area contributed by atoms with Crippen LogP contribution in [0, 0.1) is 6.92 Å². The summed E-state index contributed by atoms with van der Waals surface area (Å²) in [6, 6.07) is 11.4. The van der Waals surface area contributed by atoms with E-state index < -0.39 is 0 Å². The van der Waals surface area contributed by atoms with E-state index in [1.807, 2.05) is 43.4 Å². The first kappa shape index (κ1) is 25.5. The summed E-state index contributed by atoms with van der Waals surface area (Å²) in [5, 5.41) is 2.98. The molecule has 0 amide bonds. The van der Waals surface area contributed by atoms with E-state index in [9.17, 15) is 14.4 Å². The summed E-state index contributed by atoms with van der Waals surface area (Å²) in [6.45, 7) is 4.23. The first-order valence-corrected chi connectivity index (χ1v) is 10.4. The van der Waals surface area contributed by atoms with E-state index >= 15 is 0 Å². The van der Waals surface area contributed by atoms with Crippen LogP contribution >= 0.6 is 31.9 Å².